The second-order valence-corrected chi connectivity index (χ2v) is 11.0. The number of hydrogen-bond acceptors (Lipinski definition) is 2. The van der Waals surface area contributed by atoms with Gasteiger partial charge in [0.2, 0.25) is 4.08 Å². The Labute approximate surface area is 159 Å². The van der Waals surface area contributed by atoms with Gasteiger partial charge in [0.1, 0.15) is 5.69 Å². The molecule has 3 aromatic rings. The zero-order chi connectivity index (χ0) is 17.6. The van der Waals surface area contributed by atoms with Crippen LogP contribution in [0, 0.1) is 0 Å². The van der Waals surface area contributed by atoms with Crippen molar-refractivity contribution < 1.29 is 4.55 Å². The fourth-order valence-electron chi connectivity index (χ4n) is 4.07. The minimum absolute atomic E-state index is 0.288. The van der Waals surface area contributed by atoms with E-state index >= 15 is 0 Å². The lowest BCUT2D eigenvalue weighted by Crippen LogP contribution is -2.53. The number of nitrogens with zero attached hydrogens (tertiary/aromatic N) is 1. The molecule has 0 amide bonds. The molecule has 1 saturated carbocycles. The van der Waals surface area contributed by atoms with E-state index in [9.17, 15) is 4.55 Å². The molecule has 26 heavy (non-hydrogen) atoms. The Balaban J connectivity index is 1.74. The van der Waals surface area contributed by atoms with Gasteiger partial charge < -0.3 is 0 Å². The minimum Gasteiger partial charge on any atom is -0.200 e. The Bertz CT molecular complexity index is 1000. The van der Waals surface area contributed by atoms with Crippen LogP contribution in [0.2, 0.25) is 0 Å². The molecule has 1 fully saturated rings. The molecule has 0 spiro atoms. The molecule has 0 aromatic heterocycles. The van der Waals surface area contributed by atoms with E-state index in [1.54, 1.807) is 0 Å². The summed E-state index contributed by atoms with van der Waals surface area (Å²) in [6.07, 6.45) is 2.09. The fraction of sp³-hybridized carbons (Fsp3) is 0.182. The maximum Gasteiger partial charge on any atom is 0.205 e. The summed E-state index contributed by atoms with van der Waals surface area (Å²) < 4.78 is 16.8. The molecule has 3 aromatic carbocycles. The zero-order valence-electron chi connectivity index (χ0n) is 14.3. The van der Waals surface area contributed by atoms with Crippen molar-refractivity contribution in [3.05, 3.63) is 90.5 Å². The summed E-state index contributed by atoms with van der Waals surface area (Å²) in [7, 11) is -2.35. The van der Waals surface area contributed by atoms with Crippen LogP contribution in [-0.2, 0) is 10.1 Å². The Morgan fingerprint density at radius 3 is 2.23 bits per heavy atom. The third-order valence-corrected chi connectivity index (χ3v) is 10.6. The highest BCUT2D eigenvalue weighted by atomic mass is 32.3. The average molecular weight is 379 g/mol. The topological polar surface area (TPSA) is 32.6 Å². The lowest BCUT2D eigenvalue weighted by molar-refractivity contribution is 0.373. The van der Waals surface area contributed by atoms with Crippen molar-refractivity contribution in [2.75, 3.05) is 0 Å². The molecule has 0 saturated heterocycles. The number of thioether (sulfide) groups is 1. The second kappa shape index (κ2) is 6.08. The molecule has 0 bridgehead atoms. The van der Waals surface area contributed by atoms with Gasteiger partial charge in [0.25, 0.3) is 0 Å². The van der Waals surface area contributed by atoms with Gasteiger partial charge >= 0.3 is 0 Å². The maximum atomic E-state index is 12.1. The van der Waals surface area contributed by atoms with Crippen molar-refractivity contribution in [3.8, 4) is 0 Å². The number of rotatable bonds is 3. The maximum absolute atomic E-state index is 12.1. The Kier molecular flexibility index (Phi) is 3.82. The first kappa shape index (κ1) is 16.3. The van der Waals surface area contributed by atoms with Gasteiger partial charge in [0, 0.05) is 17.2 Å². The van der Waals surface area contributed by atoms with Gasteiger partial charge in [0.15, 0.2) is 15.0 Å². The van der Waals surface area contributed by atoms with Crippen molar-refractivity contribution in [2.24, 2.45) is 4.36 Å². The van der Waals surface area contributed by atoms with E-state index in [2.05, 4.69) is 36.4 Å². The summed E-state index contributed by atoms with van der Waals surface area (Å²) in [6.45, 7) is 0. The van der Waals surface area contributed by atoms with Crippen molar-refractivity contribution in [1.82, 2.24) is 0 Å². The van der Waals surface area contributed by atoms with Gasteiger partial charge in [-0.2, -0.15) is 4.55 Å². The van der Waals surface area contributed by atoms with E-state index in [-0.39, 0.29) is 4.08 Å². The molecule has 1 aliphatic carbocycles. The van der Waals surface area contributed by atoms with Crippen LogP contribution in [0.1, 0.15) is 24.3 Å². The van der Waals surface area contributed by atoms with Gasteiger partial charge in [0.05, 0.1) is 0 Å². The van der Waals surface area contributed by atoms with Crippen LogP contribution in [0.4, 0.5) is 5.69 Å². The van der Waals surface area contributed by atoms with Gasteiger partial charge in [-0.05, 0) is 42.3 Å². The van der Waals surface area contributed by atoms with Crippen LogP contribution in [0.25, 0.3) is 0 Å². The summed E-state index contributed by atoms with van der Waals surface area (Å²) >= 11 is 1.82. The highest BCUT2D eigenvalue weighted by molar-refractivity contribution is 8.18. The highest BCUT2D eigenvalue weighted by Gasteiger charge is 2.67. The smallest absolute Gasteiger partial charge is 0.200 e. The first-order chi connectivity index (χ1) is 12.7. The van der Waals surface area contributed by atoms with Gasteiger partial charge in [-0.3, -0.25) is 0 Å². The third kappa shape index (κ3) is 2.26. The molecule has 1 unspecified atom stereocenters. The number of fused-ring (bicyclic) bond motifs is 3. The summed E-state index contributed by atoms with van der Waals surface area (Å²) in [6, 6.07) is 28.9. The molecule has 5 rings (SSSR count). The molecular weight excluding hydrogens is 358 g/mol. The molecular formula is C22H20NOS2+. The SMILES string of the molecule is O[S+]1(c2ccccc2)=Nc2ccccc2[C@@H]2CC[C@@]21Sc1ccccc1. The molecule has 3 atom stereocenters. The van der Waals surface area contributed by atoms with Crippen LogP contribution in [-0.4, -0.2) is 8.63 Å². The molecule has 1 aliphatic heterocycles. The summed E-state index contributed by atoms with van der Waals surface area (Å²) in [4.78, 5) is 2.16. The van der Waals surface area contributed by atoms with Crippen molar-refractivity contribution in [2.45, 2.75) is 32.6 Å². The lowest BCUT2D eigenvalue weighted by Gasteiger charge is -2.50. The van der Waals surface area contributed by atoms with Crippen LogP contribution in [0.15, 0.2) is 99.1 Å². The fourth-order valence-corrected chi connectivity index (χ4v) is 9.22. The summed E-state index contributed by atoms with van der Waals surface area (Å²) in [5.41, 5.74) is 2.25. The molecule has 1 heterocycles. The monoisotopic (exact) mass is 378 g/mol. The third-order valence-electron chi connectivity index (χ3n) is 5.44. The second-order valence-electron chi connectivity index (χ2n) is 6.83. The molecule has 130 valence electrons. The standard InChI is InChI=1S/C22H20NOS2/c24-26(18-11-5-2-6-12-18)22(25-17-9-3-1-4-10-17)16-15-20(22)19-13-7-8-14-21(19)23-26/h1-14,20H,15-16H2,(H,23,24)/q+1/t20-,22-,26?/m0/s1. The van der Waals surface area contributed by atoms with Crippen molar-refractivity contribution >= 4 is 27.6 Å². The minimum atomic E-state index is -2.35. The molecule has 2 nitrogen and oxygen atoms in total. The number of benzene rings is 3. The lowest BCUT2D eigenvalue weighted by atomic mass is 9.78. The van der Waals surface area contributed by atoms with E-state index < -0.39 is 10.1 Å². The van der Waals surface area contributed by atoms with Crippen LogP contribution < -0.4 is 0 Å². The predicted octanol–water partition coefficient (Wildman–Crippen LogP) is 6.57. The summed E-state index contributed by atoms with van der Waals surface area (Å²) in [5, 5.41) is 0. The quantitative estimate of drug-likeness (QED) is 0.523. The normalized spacial score (nSPS) is 29.0. The van der Waals surface area contributed by atoms with Crippen LogP contribution >= 0.6 is 11.8 Å². The van der Waals surface area contributed by atoms with E-state index in [0.717, 1.165) is 23.4 Å². The van der Waals surface area contributed by atoms with Gasteiger partial charge in [-0.25, -0.2) is 0 Å². The molecule has 1 N–H and O–H groups in total. The Morgan fingerprint density at radius 1 is 0.885 bits per heavy atom. The summed E-state index contributed by atoms with van der Waals surface area (Å²) in [5.74, 6) is 0.335. The van der Waals surface area contributed by atoms with Crippen LogP contribution in [0.3, 0.4) is 0 Å². The Hall–Kier alpha value is -1.88. The average Bonchev–Trinajstić information content (AvgIpc) is 2.67. The van der Waals surface area contributed by atoms with E-state index in [0.29, 0.717) is 5.92 Å². The first-order valence-electron chi connectivity index (χ1n) is 8.89. The highest BCUT2D eigenvalue weighted by Crippen LogP contribution is 2.67. The molecule has 0 radical (unpaired) electrons. The van der Waals surface area contributed by atoms with E-state index in [1.165, 1.54) is 10.5 Å². The van der Waals surface area contributed by atoms with E-state index in [1.807, 2.05) is 60.3 Å². The molecule has 4 heteroatoms. The van der Waals surface area contributed by atoms with Crippen molar-refractivity contribution in [3.63, 3.8) is 0 Å². The Morgan fingerprint density at radius 2 is 1.54 bits per heavy atom. The predicted molar refractivity (Wildman–Crippen MR) is 110 cm³/mol. The number of hydrogen-bond donors (Lipinski definition) is 1. The first-order valence-corrected chi connectivity index (χ1v) is 11.3. The van der Waals surface area contributed by atoms with Gasteiger partial charge in [-0.1, -0.05) is 70.7 Å². The molecule has 2 aliphatic rings. The van der Waals surface area contributed by atoms with Gasteiger partial charge in [-0.15, -0.1) is 0 Å². The largest absolute Gasteiger partial charge is 0.205 e. The van der Waals surface area contributed by atoms with E-state index in [4.69, 9.17) is 4.36 Å². The van der Waals surface area contributed by atoms with Crippen LogP contribution in [0.5, 0.6) is 0 Å². The zero-order valence-corrected chi connectivity index (χ0v) is 15.9. The van der Waals surface area contributed by atoms with Crippen molar-refractivity contribution in [1.29, 1.82) is 0 Å².